The fraction of sp³-hybridized carbons (Fsp3) is 0.615. The minimum Gasteiger partial charge on any atom is -0.351 e. The Labute approximate surface area is 127 Å². The van der Waals surface area contributed by atoms with E-state index in [9.17, 15) is 13.2 Å². The first-order chi connectivity index (χ1) is 9.46. The molecule has 0 bridgehead atoms. The van der Waals surface area contributed by atoms with Gasteiger partial charge in [0.2, 0.25) is 5.91 Å². The lowest BCUT2D eigenvalue weighted by Crippen LogP contribution is -2.41. The third kappa shape index (κ3) is 2.76. The number of carbonyl (C=O) groups is 1. The molecule has 4 nitrogen and oxygen atoms in total. The molecule has 3 heterocycles. The number of rotatable bonds is 2. The molecule has 3 atom stereocenters. The smallest absolute Gasteiger partial charge is 0.237 e. The van der Waals surface area contributed by atoms with Gasteiger partial charge in [-0.15, -0.1) is 23.1 Å². The molecule has 1 amide bonds. The van der Waals surface area contributed by atoms with Crippen LogP contribution in [0.2, 0.25) is 0 Å². The van der Waals surface area contributed by atoms with Crippen molar-refractivity contribution in [3.63, 3.8) is 0 Å². The summed E-state index contributed by atoms with van der Waals surface area (Å²) in [4.78, 5) is 13.7. The maximum Gasteiger partial charge on any atom is 0.237 e. The van der Waals surface area contributed by atoms with Gasteiger partial charge in [0.1, 0.15) is 5.25 Å². The molecule has 110 valence electrons. The Bertz CT molecular complexity index is 623. The van der Waals surface area contributed by atoms with E-state index < -0.39 is 9.84 Å². The van der Waals surface area contributed by atoms with Crippen molar-refractivity contribution in [2.75, 3.05) is 17.3 Å². The lowest BCUT2D eigenvalue weighted by molar-refractivity contribution is -0.121. The molecule has 0 aromatic carbocycles. The third-order valence-corrected chi connectivity index (χ3v) is 8.02. The van der Waals surface area contributed by atoms with Crippen LogP contribution in [0.3, 0.4) is 0 Å². The highest BCUT2D eigenvalue weighted by Crippen LogP contribution is 2.39. The van der Waals surface area contributed by atoms with Crippen molar-refractivity contribution in [2.24, 2.45) is 5.92 Å². The van der Waals surface area contributed by atoms with E-state index in [1.165, 1.54) is 4.88 Å². The number of amides is 1. The van der Waals surface area contributed by atoms with Gasteiger partial charge in [0.05, 0.1) is 11.5 Å². The van der Waals surface area contributed by atoms with Gasteiger partial charge in [-0.3, -0.25) is 4.79 Å². The van der Waals surface area contributed by atoms with E-state index in [0.29, 0.717) is 0 Å². The van der Waals surface area contributed by atoms with Gasteiger partial charge in [-0.25, -0.2) is 8.42 Å². The number of thiophene rings is 1. The number of sulfone groups is 1. The summed E-state index contributed by atoms with van der Waals surface area (Å²) in [5, 5.41) is 4.80. The van der Waals surface area contributed by atoms with Gasteiger partial charge in [0.15, 0.2) is 9.84 Å². The summed E-state index contributed by atoms with van der Waals surface area (Å²) in [7, 11) is -2.99. The first-order valence-corrected chi connectivity index (χ1v) is 10.4. The fourth-order valence-corrected chi connectivity index (χ4v) is 7.26. The minimum absolute atomic E-state index is 0.000476. The van der Waals surface area contributed by atoms with Gasteiger partial charge >= 0.3 is 0 Å². The first-order valence-electron chi connectivity index (χ1n) is 6.65. The van der Waals surface area contributed by atoms with E-state index in [-0.39, 0.29) is 34.6 Å². The molecule has 0 aliphatic carbocycles. The van der Waals surface area contributed by atoms with E-state index >= 15 is 0 Å². The van der Waals surface area contributed by atoms with E-state index in [0.717, 1.165) is 17.7 Å². The highest BCUT2D eigenvalue weighted by Gasteiger charge is 2.37. The molecule has 1 fully saturated rings. The van der Waals surface area contributed by atoms with Crippen LogP contribution in [0.5, 0.6) is 0 Å². The highest BCUT2D eigenvalue weighted by molar-refractivity contribution is 8.00. The van der Waals surface area contributed by atoms with E-state index in [4.69, 9.17) is 0 Å². The molecule has 0 radical (unpaired) electrons. The lowest BCUT2D eigenvalue weighted by Gasteiger charge is -2.24. The SMILES string of the molecule is C[C@@H]1CS(=O)(=O)C[C@@H]1NC(=O)C1SCCc2sccc21. The summed E-state index contributed by atoms with van der Waals surface area (Å²) in [5.74, 6) is 1.17. The topological polar surface area (TPSA) is 63.2 Å². The third-order valence-electron chi connectivity index (χ3n) is 3.88. The number of nitrogens with one attached hydrogen (secondary N) is 1. The van der Waals surface area contributed by atoms with E-state index in [1.54, 1.807) is 23.1 Å². The quantitative estimate of drug-likeness (QED) is 0.895. The van der Waals surface area contributed by atoms with Crippen molar-refractivity contribution < 1.29 is 13.2 Å². The van der Waals surface area contributed by atoms with Crippen LogP contribution in [-0.2, 0) is 21.1 Å². The van der Waals surface area contributed by atoms with Crippen LogP contribution in [0, 0.1) is 5.92 Å². The fourth-order valence-electron chi connectivity index (χ4n) is 2.83. The summed E-state index contributed by atoms with van der Waals surface area (Å²) in [6.45, 7) is 1.89. The van der Waals surface area contributed by atoms with Crippen molar-refractivity contribution in [1.82, 2.24) is 5.32 Å². The van der Waals surface area contributed by atoms with Gasteiger partial charge in [-0.2, -0.15) is 0 Å². The summed E-state index contributed by atoms with van der Waals surface area (Å²) in [5.41, 5.74) is 1.11. The van der Waals surface area contributed by atoms with E-state index in [1.807, 2.05) is 18.4 Å². The van der Waals surface area contributed by atoms with Crippen LogP contribution in [-0.4, -0.2) is 37.6 Å². The van der Waals surface area contributed by atoms with Crippen LogP contribution in [0.25, 0.3) is 0 Å². The molecular formula is C13H17NO3S3. The van der Waals surface area contributed by atoms with Crippen LogP contribution in [0.1, 0.15) is 22.6 Å². The van der Waals surface area contributed by atoms with Gasteiger partial charge in [0.25, 0.3) is 0 Å². The number of aryl methyl sites for hydroxylation is 1. The molecule has 7 heteroatoms. The maximum atomic E-state index is 12.4. The Morgan fingerprint density at radius 2 is 2.20 bits per heavy atom. The van der Waals surface area contributed by atoms with Gasteiger partial charge in [-0.1, -0.05) is 6.92 Å². The van der Waals surface area contributed by atoms with E-state index in [2.05, 4.69) is 5.32 Å². The number of hydrogen-bond acceptors (Lipinski definition) is 5. The van der Waals surface area contributed by atoms with Gasteiger partial charge in [0, 0.05) is 10.9 Å². The standard InChI is InChI=1S/C13H17NO3S3/c1-8-6-20(16,17)7-10(8)14-13(15)12-9-2-4-18-11(9)3-5-19-12/h2,4,8,10,12H,3,5-7H2,1H3,(H,14,15)/t8-,10+,12?/m1/s1. The summed E-state index contributed by atoms with van der Waals surface area (Å²) in [6, 6.07) is 1.78. The molecule has 20 heavy (non-hydrogen) atoms. The Hall–Kier alpha value is -0.530. The maximum absolute atomic E-state index is 12.4. The monoisotopic (exact) mass is 331 g/mol. The molecule has 3 rings (SSSR count). The summed E-state index contributed by atoms with van der Waals surface area (Å²) < 4.78 is 23.2. The number of fused-ring (bicyclic) bond motifs is 1. The second kappa shape index (κ2) is 5.35. The van der Waals surface area contributed by atoms with Crippen LogP contribution in [0.15, 0.2) is 11.4 Å². The zero-order chi connectivity index (χ0) is 14.3. The normalized spacial score (nSPS) is 31.8. The molecule has 1 aromatic rings. The molecule has 0 spiro atoms. The molecule has 1 N–H and O–H groups in total. The number of hydrogen-bond donors (Lipinski definition) is 1. The van der Waals surface area contributed by atoms with Crippen LogP contribution in [0.4, 0.5) is 0 Å². The molecule has 1 unspecified atom stereocenters. The predicted molar refractivity (Wildman–Crippen MR) is 83.0 cm³/mol. The average molecular weight is 331 g/mol. The molecular weight excluding hydrogens is 314 g/mol. The minimum atomic E-state index is -2.99. The second-order valence-corrected chi connectivity index (χ2v) is 9.84. The zero-order valence-electron chi connectivity index (χ0n) is 11.2. The Morgan fingerprint density at radius 3 is 2.90 bits per heavy atom. The van der Waals surface area contributed by atoms with Crippen molar-refractivity contribution in [1.29, 1.82) is 0 Å². The molecule has 0 saturated carbocycles. The predicted octanol–water partition coefficient (Wildman–Crippen LogP) is 1.63. The Kier molecular flexibility index (Phi) is 3.85. The van der Waals surface area contributed by atoms with Gasteiger partial charge < -0.3 is 5.32 Å². The van der Waals surface area contributed by atoms with Crippen molar-refractivity contribution >= 4 is 38.8 Å². The lowest BCUT2D eigenvalue weighted by atomic mass is 10.1. The molecule has 2 aliphatic rings. The largest absolute Gasteiger partial charge is 0.351 e. The van der Waals surface area contributed by atoms with Crippen LogP contribution < -0.4 is 5.32 Å². The van der Waals surface area contributed by atoms with Crippen molar-refractivity contribution in [2.45, 2.75) is 24.6 Å². The Morgan fingerprint density at radius 1 is 1.40 bits per heavy atom. The molecule has 1 aromatic heterocycles. The first kappa shape index (κ1) is 14.4. The zero-order valence-corrected chi connectivity index (χ0v) is 13.6. The van der Waals surface area contributed by atoms with Gasteiger partial charge in [-0.05, 0) is 35.1 Å². The van der Waals surface area contributed by atoms with Crippen molar-refractivity contribution in [3.8, 4) is 0 Å². The highest BCUT2D eigenvalue weighted by atomic mass is 32.2. The second-order valence-electron chi connectivity index (χ2n) is 5.47. The molecule has 1 saturated heterocycles. The average Bonchev–Trinajstić information content (AvgIpc) is 2.93. The van der Waals surface area contributed by atoms with Crippen molar-refractivity contribution in [3.05, 3.63) is 21.9 Å². The summed E-state index contributed by atoms with van der Waals surface area (Å²) in [6.07, 6.45) is 1.02. The summed E-state index contributed by atoms with van der Waals surface area (Å²) >= 11 is 3.35. The number of thioether (sulfide) groups is 1. The van der Waals surface area contributed by atoms with Crippen LogP contribution >= 0.6 is 23.1 Å². The molecule has 2 aliphatic heterocycles. The Balaban J connectivity index is 1.73. The number of carbonyl (C=O) groups excluding carboxylic acids is 1.